The first-order chi connectivity index (χ1) is 13.1. The van der Waals surface area contributed by atoms with Crippen molar-refractivity contribution in [3.8, 4) is 5.75 Å². The summed E-state index contributed by atoms with van der Waals surface area (Å²) in [5.41, 5.74) is 3.57. The number of rotatable bonds is 5. The van der Waals surface area contributed by atoms with Gasteiger partial charge < -0.3 is 15.7 Å². The number of piperidine rings is 1. The van der Waals surface area contributed by atoms with Crippen molar-refractivity contribution in [3.63, 3.8) is 0 Å². The molecule has 0 bridgehead atoms. The highest BCUT2D eigenvalue weighted by molar-refractivity contribution is 5.80. The van der Waals surface area contributed by atoms with Gasteiger partial charge in [-0.2, -0.15) is 0 Å². The summed E-state index contributed by atoms with van der Waals surface area (Å²) in [6.45, 7) is 1.73. The molecule has 0 unspecified atom stereocenters. The van der Waals surface area contributed by atoms with E-state index in [1.165, 1.54) is 17.5 Å². The van der Waals surface area contributed by atoms with Crippen LogP contribution in [-0.2, 0) is 19.4 Å². The number of phenols is 1. The van der Waals surface area contributed by atoms with Gasteiger partial charge in [0, 0.05) is 38.3 Å². The highest BCUT2D eigenvalue weighted by Gasteiger charge is 2.22. The number of benzene rings is 1. The normalized spacial score (nSPS) is 19.2. The van der Waals surface area contributed by atoms with E-state index in [1.807, 2.05) is 11.0 Å². The minimum Gasteiger partial charge on any atom is -0.508 e. The lowest BCUT2D eigenvalue weighted by molar-refractivity contribution is 0.0744. The Morgan fingerprint density at radius 1 is 1.26 bits per heavy atom. The van der Waals surface area contributed by atoms with Crippen molar-refractivity contribution in [2.45, 2.75) is 57.5 Å². The Hall–Kier alpha value is -1.89. The summed E-state index contributed by atoms with van der Waals surface area (Å²) >= 11 is 0. The first-order valence-electron chi connectivity index (χ1n) is 9.87. The molecule has 0 atom stereocenters. The van der Waals surface area contributed by atoms with Gasteiger partial charge in [0.2, 0.25) is 0 Å². The van der Waals surface area contributed by atoms with E-state index in [9.17, 15) is 13.9 Å². The predicted octanol–water partition coefficient (Wildman–Crippen LogP) is 2.67. The second-order valence-corrected chi connectivity index (χ2v) is 7.44. The first kappa shape index (κ1) is 19.9. The van der Waals surface area contributed by atoms with Crippen molar-refractivity contribution in [3.05, 3.63) is 28.8 Å². The van der Waals surface area contributed by atoms with Crippen LogP contribution in [-0.4, -0.2) is 55.1 Å². The molecule has 1 saturated heterocycles. The van der Waals surface area contributed by atoms with Crippen molar-refractivity contribution >= 4 is 5.96 Å². The predicted molar refractivity (Wildman–Crippen MR) is 104 cm³/mol. The molecule has 0 amide bonds. The summed E-state index contributed by atoms with van der Waals surface area (Å²) in [5.74, 6) is 1.02. The van der Waals surface area contributed by atoms with Gasteiger partial charge in [-0.15, -0.1) is 0 Å². The van der Waals surface area contributed by atoms with Crippen molar-refractivity contribution in [2.24, 2.45) is 4.99 Å². The summed E-state index contributed by atoms with van der Waals surface area (Å²) in [6, 6.07) is 4.05. The molecule has 1 aliphatic heterocycles. The minimum absolute atomic E-state index is 0.141. The Labute approximate surface area is 159 Å². The fraction of sp³-hybridized carbons (Fsp3) is 0.650. The van der Waals surface area contributed by atoms with Crippen molar-refractivity contribution in [1.82, 2.24) is 15.5 Å². The molecule has 0 spiro atoms. The van der Waals surface area contributed by atoms with Crippen LogP contribution < -0.4 is 10.6 Å². The van der Waals surface area contributed by atoms with Crippen LogP contribution in [0, 0.1) is 0 Å². The second kappa shape index (κ2) is 9.35. The SMILES string of the molecule is CN=C(NCc1c(O)ccc2c1CCCC2)NC1CCN(CC(F)F)CC1. The van der Waals surface area contributed by atoms with Crippen LogP contribution in [0.1, 0.15) is 42.4 Å². The molecule has 150 valence electrons. The van der Waals surface area contributed by atoms with Crippen LogP contribution in [0.2, 0.25) is 0 Å². The van der Waals surface area contributed by atoms with Crippen LogP contribution in [0.4, 0.5) is 8.78 Å². The van der Waals surface area contributed by atoms with Crippen LogP contribution in [0.3, 0.4) is 0 Å². The number of fused-ring (bicyclic) bond motifs is 1. The fourth-order valence-electron chi connectivity index (χ4n) is 4.10. The lowest BCUT2D eigenvalue weighted by Gasteiger charge is -2.32. The molecule has 1 aromatic carbocycles. The van der Waals surface area contributed by atoms with Gasteiger partial charge in [0.1, 0.15) is 5.75 Å². The number of aryl methyl sites for hydroxylation is 1. The molecule has 5 nitrogen and oxygen atoms in total. The van der Waals surface area contributed by atoms with Gasteiger partial charge in [0.25, 0.3) is 6.43 Å². The molecule has 27 heavy (non-hydrogen) atoms. The van der Waals surface area contributed by atoms with Crippen LogP contribution in [0.25, 0.3) is 0 Å². The number of aromatic hydroxyl groups is 1. The number of likely N-dealkylation sites (tertiary alicyclic amines) is 1. The standard InChI is InChI=1S/C20H30F2N4O/c1-23-20(25-15-8-10-26(11-9-15)13-19(21)22)24-12-17-16-5-3-2-4-14(16)6-7-18(17)27/h6-7,15,19,27H,2-5,8-13H2,1H3,(H2,23,24,25). The molecule has 1 aromatic rings. The molecule has 1 fully saturated rings. The van der Waals surface area contributed by atoms with Gasteiger partial charge in [0.05, 0.1) is 6.54 Å². The van der Waals surface area contributed by atoms with E-state index in [0.717, 1.165) is 37.7 Å². The van der Waals surface area contributed by atoms with Crippen molar-refractivity contribution in [2.75, 3.05) is 26.7 Å². The van der Waals surface area contributed by atoms with E-state index in [2.05, 4.69) is 15.6 Å². The van der Waals surface area contributed by atoms with E-state index >= 15 is 0 Å². The Bertz CT molecular complexity index is 658. The number of halogens is 2. The average molecular weight is 380 g/mol. The number of alkyl halides is 2. The van der Waals surface area contributed by atoms with Crippen molar-refractivity contribution < 1.29 is 13.9 Å². The quantitative estimate of drug-likeness (QED) is 0.543. The molecule has 3 N–H and O–H groups in total. The maximum atomic E-state index is 12.5. The molecule has 1 heterocycles. The summed E-state index contributed by atoms with van der Waals surface area (Å²) in [5, 5.41) is 17.0. The zero-order valence-corrected chi connectivity index (χ0v) is 16.0. The molecule has 1 aliphatic carbocycles. The van der Waals surface area contributed by atoms with E-state index in [0.29, 0.717) is 31.3 Å². The number of hydrogen-bond donors (Lipinski definition) is 3. The third-order valence-electron chi connectivity index (χ3n) is 5.61. The maximum absolute atomic E-state index is 12.5. The zero-order chi connectivity index (χ0) is 19.2. The van der Waals surface area contributed by atoms with Crippen LogP contribution in [0.5, 0.6) is 5.75 Å². The smallest absolute Gasteiger partial charge is 0.251 e. The lowest BCUT2D eigenvalue weighted by Crippen LogP contribution is -2.49. The molecule has 0 saturated carbocycles. The Kier molecular flexibility index (Phi) is 6.88. The van der Waals surface area contributed by atoms with Gasteiger partial charge in [-0.3, -0.25) is 9.89 Å². The van der Waals surface area contributed by atoms with E-state index in [-0.39, 0.29) is 12.6 Å². The van der Waals surface area contributed by atoms with E-state index < -0.39 is 6.43 Å². The van der Waals surface area contributed by atoms with Gasteiger partial charge >= 0.3 is 0 Å². The third kappa shape index (κ3) is 5.31. The summed E-state index contributed by atoms with van der Waals surface area (Å²) in [7, 11) is 1.72. The Morgan fingerprint density at radius 3 is 2.70 bits per heavy atom. The highest BCUT2D eigenvalue weighted by atomic mass is 19.3. The summed E-state index contributed by atoms with van der Waals surface area (Å²) in [4.78, 5) is 6.10. The first-order valence-corrected chi connectivity index (χ1v) is 9.87. The number of nitrogens with zero attached hydrogens (tertiary/aromatic N) is 2. The second-order valence-electron chi connectivity index (χ2n) is 7.44. The number of nitrogens with one attached hydrogen (secondary N) is 2. The number of hydrogen-bond acceptors (Lipinski definition) is 3. The molecule has 3 rings (SSSR count). The molecule has 2 aliphatic rings. The molecular formula is C20H30F2N4O. The van der Waals surface area contributed by atoms with Crippen LogP contribution >= 0.6 is 0 Å². The fourth-order valence-corrected chi connectivity index (χ4v) is 4.10. The molecule has 0 aromatic heterocycles. The van der Waals surface area contributed by atoms with Gasteiger partial charge in [-0.05, 0) is 55.7 Å². The average Bonchev–Trinajstić information content (AvgIpc) is 2.67. The number of aliphatic imine (C=N–C) groups is 1. The minimum atomic E-state index is -2.27. The lowest BCUT2D eigenvalue weighted by atomic mass is 9.88. The Balaban J connectivity index is 1.53. The van der Waals surface area contributed by atoms with Gasteiger partial charge in [-0.25, -0.2) is 8.78 Å². The van der Waals surface area contributed by atoms with Crippen molar-refractivity contribution in [1.29, 1.82) is 0 Å². The summed E-state index contributed by atoms with van der Waals surface area (Å²) in [6.07, 6.45) is 3.82. The third-order valence-corrected chi connectivity index (χ3v) is 5.61. The topological polar surface area (TPSA) is 59.9 Å². The largest absolute Gasteiger partial charge is 0.508 e. The maximum Gasteiger partial charge on any atom is 0.251 e. The highest BCUT2D eigenvalue weighted by Crippen LogP contribution is 2.30. The van der Waals surface area contributed by atoms with Gasteiger partial charge in [-0.1, -0.05) is 6.07 Å². The summed E-state index contributed by atoms with van der Waals surface area (Å²) < 4.78 is 25.0. The number of phenolic OH excluding ortho intramolecular Hbond substituents is 1. The Morgan fingerprint density at radius 2 is 2.00 bits per heavy atom. The molecular weight excluding hydrogens is 350 g/mol. The van der Waals surface area contributed by atoms with Gasteiger partial charge in [0.15, 0.2) is 5.96 Å². The monoisotopic (exact) mass is 380 g/mol. The molecule has 0 radical (unpaired) electrons. The van der Waals surface area contributed by atoms with E-state index in [4.69, 9.17) is 0 Å². The molecule has 7 heteroatoms. The van der Waals surface area contributed by atoms with E-state index in [1.54, 1.807) is 13.1 Å². The van der Waals surface area contributed by atoms with Crippen LogP contribution in [0.15, 0.2) is 17.1 Å². The zero-order valence-electron chi connectivity index (χ0n) is 16.0. The number of guanidine groups is 1.